The summed E-state index contributed by atoms with van der Waals surface area (Å²) in [6.07, 6.45) is 1.84. The van der Waals surface area contributed by atoms with Crippen molar-refractivity contribution in [1.82, 2.24) is 0 Å². The Hall–Kier alpha value is -0.830. The summed E-state index contributed by atoms with van der Waals surface area (Å²) < 4.78 is 4.31. The molecule has 0 bridgehead atoms. The van der Waals surface area contributed by atoms with E-state index in [9.17, 15) is 9.90 Å². The van der Waals surface area contributed by atoms with Gasteiger partial charge in [-0.25, -0.2) is 0 Å². The number of hydrogen-bond acceptors (Lipinski definition) is 3. The molecule has 3 heteroatoms. The Morgan fingerprint density at radius 3 is 2.90 bits per heavy atom. The normalized spacial score (nSPS) is 36.8. The van der Waals surface area contributed by atoms with Gasteiger partial charge in [0.15, 0.2) is 0 Å². The number of rotatable bonds is 2. The third-order valence-electron chi connectivity index (χ3n) is 1.78. The Kier molecular flexibility index (Phi) is 1.52. The van der Waals surface area contributed by atoms with Crippen LogP contribution in [0.25, 0.3) is 0 Å². The largest absolute Gasteiger partial charge is 0.841 e. The summed E-state index contributed by atoms with van der Waals surface area (Å²) >= 11 is 0. The van der Waals surface area contributed by atoms with Gasteiger partial charge in [-0.2, -0.15) is 0 Å². The second-order valence-corrected chi connectivity index (χ2v) is 2.43. The van der Waals surface area contributed by atoms with Crippen molar-refractivity contribution >= 4 is 5.97 Å². The molecule has 1 aliphatic rings. The van der Waals surface area contributed by atoms with Crippen LogP contribution in [0.1, 0.15) is 6.42 Å². The highest BCUT2D eigenvalue weighted by atomic mass is 16.5. The van der Waals surface area contributed by atoms with Gasteiger partial charge in [-0.1, -0.05) is 6.08 Å². The van der Waals surface area contributed by atoms with Crippen molar-refractivity contribution in [2.24, 2.45) is 5.92 Å². The summed E-state index contributed by atoms with van der Waals surface area (Å²) in [4.78, 5) is 10.7. The van der Waals surface area contributed by atoms with E-state index in [1.807, 2.05) is 0 Å². The van der Waals surface area contributed by atoms with Crippen LogP contribution < -0.4 is 5.11 Å². The zero-order valence-corrected chi connectivity index (χ0v) is 5.79. The van der Waals surface area contributed by atoms with Crippen LogP contribution in [0.15, 0.2) is 12.7 Å². The van der Waals surface area contributed by atoms with Crippen LogP contribution in [-0.2, 0) is 9.53 Å². The summed E-state index contributed by atoms with van der Waals surface area (Å²) in [5.41, 5.74) is -1.50. The maximum absolute atomic E-state index is 11.2. The second-order valence-electron chi connectivity index (χ2n) is 2.43. The lowest BCUT2D eigenvalue weighted by atomic mass is 10.2. The van der Waals surface area contributed by atoms with Gasteiger partial charge >= 0.3 is 0 Å². The quantitative estimate of drug-likeness (QED) is 0.383. The van der Waals surface area contributed by atoms with Gasteiger partial charge in [0.2, 0.25) is 0 Å². The summed E-state index contributed by atoms with van der Waals surface area (Å²) in [6, 6.07) is 0. The number of esters is 1. The zero-order valence-electron chi connectivity index (χ0n) is 5.79. The molecule has 10 heavy (non-hydrogen) atoms. The van der Waals surface area contributed by atoms with E-state index < -0.39 is 11.6 Å². The van der Waals surface area contributed by atoms with Crippen LogP contribution in [0.4, 0.5) is 0 Å². The van der Waals surface area contributed by atoms with Gasteiger partial charge in [0, 0.05) is 0 Å². The van der Waals surface area contributed by atoms with Crippen molar-refractivity contribution in [3.8, 4) is 0 Å². The van der Waals surface area contributed by atoms with Crippen LogP contribution in [0.3, 0.4) is 0 Å². The fourth-order valence-electron chi connectivity index (χ4n) is 0.949. The molecule has 0 unspecified atom stereocenters. The fraction of sp³-hybridized carbons (Fsp3) is 0.571. The van der Waals surface area contributed by atoms with Crippen molar-refractivity contribution < 1.29 is 14.6 Å². The van der Waals surface area contributed by atoms with E-state index >= 15 is 0 Å². The molecule has 0 spiro atoms. The number of carbonyl (C=O) groups excluding carboxylic acids is 1. The molecule has 0 radical (unpaired) electrons. The van der Waals surface area contributed by atoms with Crippen molar-refractivity contribution in [2.75, 3.05) is 7.11 Å². The molecule has 3 nitrogen and oxygen atoms in total. The highest BCUT2D eigenvalue weighted by Gasteiger charge is 2.48. The van der Waals surface area contributed by atoms with Gasteiger partial charge in [-0.3, -0.25) is 4.79 Å². The van der Waals surface area contributed by atoms with E-state index in [1.54, 1.807) is 0 Å². The Morgan fingerprint density at radius 1 is 2.00 bits per heavy atom. The third-order valence-corrected chi connectivity index (χ3v) is 1.78. The van der Waals surface area contributed by atoms with Gasteiger partial charge in [0.25, 0.3) is 5.97 Å². The molecular weight excluding hydrogens is 132 g/mol. The Labute approximate surface area is 59.3 Å². The van der Waals surface area contributed by atoms with E-state index in [0.29, 0.717) is 6.42 Å². The molecule has 0 aromatic heterocycles. The van der Waals surface area contributed by atoms with Gasteiger partial charge in [-0.05, 0) is 17.9 Å². The van der Waals surface area contributed by atoms with Gasteiger partial charge in [0.05, 0.1) is 7.11 Å². The SMILES string of the molecule is C=C[C@@H]1C[C@]1([O-])C(=O)OC. The summed E-state index contributed by atoms with van der Waals surface area (Å²) in [6.45, 7) is 3.43. The predicted octanol–water partition coefficient (Wildman–Crippen LogP) is -0.536. The lowest BCUT2D eigenvalue weighted by Gasteiger charge is -2.17. The van der Waals surface area contributed by atoms with Crippen molar-refractivity contribution in [2.45, 2.75) is 12.0 Å². The maximum atomic E-state index is 11.2. The van der Waals surface area contributed by atoms with Crippen LogP contribution >= 0.6 is 0 Å². The number of ether oxygens (including phenoxy) is 1. The molecule has 0 saturated heterocycles. The van der Waals surface area contributed by atoms with Gasteiger partial charge in [-0.15, -0.1) is 6.58 Å². The molecule has 1 fully saturated rings. The first-order chi connectivity index (χ1) is 4.65. The first-order valence-corrected chi connectivity index (χ1v) is 3.06. The molecular formula is C7H9O3-. The monoisotopic (exact) mass is 141 g/mol. The van der Waals surface area contributed by atoms with Crippen LogP contribution in [0.2, 0.25) is 0 Å². The van der Waals surface area contributed by atoms with E-state index in [4.69, 9.17) is 0 Å². The fourth-order valence-corrected chi connectivity index (χ4v) is 0.949. The second kappa shape index (κ2) is 2.09. The predicted molar refractivity (Wildman–Crippen MR) is 33.1 cm³/mol. The maximum Gasteiger partial charge on any atom is 0.295 e. The van der Waals surface area contributed by atoms with Gasteiger partial charge in [0.1, 0.15) is 0 Å². The summed E-state index contributed by atoms with van der Waals surface area (Å²) in [5, 5.41) is 11.2. The average molecular weight is 141 g/mol. The first-order valence-electron chi connectivity index (χ1n) is 3.06. The van der Waals surface area contributed by atoms with Gasteiger partial charge < -0.3 is 9.84 Å². The lowest BCUT2D eigenvalue weighted by molar-refractivity contribution is -0.428. The molecule has 0 amide bonds. The van der Waals surface area contributed by atoms with Crippen molar-refractivity contribution in [1.29, 1.82) is 0 Å². The van der Waals surface area contributed by atoms with E-state index in [1.165, 1.54) is 13.2 Å². The summed E-state index contributed by atoms with van der Waals surface area (Å²) in [7, 11) is 1.22. The average Bonchev–Trinajstić information content (AvgIpc) is 2.61. The molecule has 0 aromatic carbocycles. The number of carbonyl (C=O) groups is 1. The Balaban J connectivity index is 2.58. The summed E-state index contributed by atoms with van der Waals surface area (Å²) in [5.74, 6) is -0.891. The van der Waals surface area contributed by atoms with E-state index in [2.05, 4.69) is 11.3 Å². The molecule has 0 N–H and O–H groups in total. The minimum atomic E-state index is -1.50. The van der Waals surface area contributed by atoms with Crippen molar-refractivity contribution in [3.63, 3.8) is 0 Å². The Bertz CT molecular complexity index is 176. The minimum absolute atomic E-state index is 0.222. The topological polar surface area (TPSA) is 49.4 Å². The first kappa shape index (κ1) is 7.28. The zero-order chi connectivity index (χ0) is 7.78. The van der Waals surface area contributed by atoms with Crippen LogP contribution in [0.5, 0.6) is 0 Å². The molecule has 0 aromatic rings. The van der Waals surface area contributed by atoms with Crippen molar-refractivity contribution in [3.05, 3.63) is 12.7 Å². The molecule has 1 rings (SSSR count). The van der Waals surface area contributed by atoms with E-state index in [-0.39, 0.29) is 5.92 Å². The lowest BCUT2D eigenvalue weighted by Crippen LogP contribution is -2.39. The highest BCUT2D eigenvalue weighted by Crippen LogP contribution is 2.42. The smallest absolute Gasteiger partial charge is 0.295 e. The third kappa shape index (κ3) is 0.827. The molecule has 1 saturated carbocycles. The standard InChI is InChI=1S/C7H9O3/c1-3-5-4-7(5,9)6(8)10-2/h3,5H,1,4H2,2H3/q-1/t5-,7-/m1/s1. The highest BCUT2D eigenvalue weighted by molar-refractivity contribution is 5.83. The Morgan fingerprint density at radius 2 is 2.60 bits per heavy atom. The minimum Gasteiger partial charge on any atom is -0.841 e. The van der Waals surface area contributed by atoms with E-state index in [0.717, 1.165) is 0 Å². The molecule has 1 aliphatic carbocycles. The molecule has 0 heterocycles. The molecule has 0 aliphatic heterocycles. The molecule has 56 valence electrons. The van der Waals surface area contributed by atoms with Crippen LogP contribution in [0, 0.1) is 5.92 Å². The molecule has 2 atom stereocenters. The number of hydrogen-bond donors (Lipinski definition) is 0. The number of methoxy groups -OCH3 is 1. The van der Waals surface area contributed by atoms with Crippen LogP contribution in [-0.4, -0.2) is 18.7 Å².